The Balaban J connectivity index is 2.48. The molecule has 1 unspecified atom stereocenters. The number of amides is 3. The standard InChI is InChI=1S/C11H21N3O3/c1-2-9(7-15)13-10(16)8-4-3-5-14(6-8)11(12)17/h8-9,15H,2-7H2,1H3,(H2,12,17)(H,13,16)/t8?,9-/m1/s1. The summed E-state index contributed by atoms with van der Waals surface area (Å²) in [6.45, 7) is 2.84. The number of nitrogens with one attached hydrogen (secondary N) is 1. The Kier molecular flexibility index (Phi) is 5.21. The molecule has 6 heteroatoms. The minimum Gasteiger partial charge on any atom is -0.394 e. The zero-order valence-electron chi connectivity index (χ0n) is 10.2. The minimum atomic E-state index is -0.475. The van der Waals surface area contributed by atoms with E-state index < -0.39 is 6.03 Å². The number of nitrogens with two attached hydrogens (primary N) is 1. The highest BCUT2D eigenvalue weighted by atomic mass is 16.3. The second-order valence-corrected chi connectivity index (χ2v) is 4.42. The molecule has 1 aliphatic rings. The van der Waals surface area contributed by atoms with Gasteiger partial charge in [-0.25, -0.2) is 4.79 Å². The van der Waals surface area contributed by atoms with Crippen molar-refractivity contribution >= 4 is 11.9 Å². The number of hydrogen-bond acceptors (Lipinski definition) is 3. The van der Waals surface area contributed by atoms with Crippen LogP contribution in [0.2, 0.25) is 0 Å². The van der Waals surface area contributed by atoms with E-state index in [9.17, 15) is 9.59 Å². The summed E-state index contributed by atoms with van der Waals surface area (Å²) in [5.41, 5.74) is 5.20. The van der Waals surface area contributed by atoms with Crippen LogP contribution in [0.1, 0.15) is 26.2 Å². The topological polar surface area (TPSA) is 95.7 Å². The van der Waals surface area contributed by atoms with Crippen molar-refractivity contribution < 1.29 is 14.7 Å². The third-order valence-electron chi connectivity index (χ3n) is 3.16. The van der Waals surface area contributed by atoms with Crippen molar-refractivity contribution in [2.45, 2.75) is 32.2 Å². The Morgan fingerprint density at radius 2 is 2.29 bits per heavy atom. The first-order chi connectivity index (χ1) is 8.08. The lowest BCUT2D eigenvalue weighted by atomic mass is 9.97. The number of aliphatic hydroxyl groups excluding tert-OH is 1. The van der Waals surface area contributed by atoms with Gasteiger partial charge in [-0.05, 0) is 19.3 Å². The van der Waals surface area contributed by atoms with Crippen molar-refractivity contribution in [3.8, 4) is 0 Å². The first-order valence-corrected chi connectivity index (χ1v) is 6.04. The molecule has 2 atom stereocenters. The molecule has 0 saturated carbocycles. The first kappa shape index (κ1) is 13.8. The number of rotatable bonds is 4. The van der Waals surface area contributed by atoms with Gasteiger partial charge in [-0.1, -0.05) is 6.92 Å². The van der Waals surface area contributed by atoms with Gasteiger partial charge in [-0.15, -0.1) is 0 Å². The number of primary amides is 1. The van der Waals surface area contributed by atoms with Crippen LogP contribution in [0.3, 0.4) is 0 Å². The van der Waals surface area contributed by atoms with Crippen molar-refractivity contribution in [1.29, 1.82) is 0 Å². The van der Waals surface area contributed by atoms with Crippen LogP contribution in [0.15, 0.2) is 0 Å². The second kappa shape index (κ2) is 6.44. The molecular weight excluding hydrogens is 222 g/mol. The maximum atomic E-state index is 11.9. The number of carbonyl (C=O) groups excluding carboxylic acids is 2. The molecule has 0 aromatic heterocycles. The average Bonchev–Trinajstić information content (AvgIpc) is 2.35. The molecule has 17 heavy (non-hydrogen) atoms. The number of hydrogen-bond donors (Lipinski definition) is 3. The van der Waals surface area contributed by atoms with Gasteiger partial charge in [-0.2, -0.15) is 0 Å². The zero-order valence-corrected chi connectivity index (χ0v) is 10.2. The Morgan fingerprint density at radius 1 is 1.59 bits per heavy atom. The van der Waals surface area contributed by atoms with E-state index in [0.29, 0.717) is 19.5 Å². The molecule has 1 fully saturated rings. The SMILES string of the molecule is CC[C@H](CO)NC(=O)C1CCCN(C(N)=O)C1. The van der Waals surface area contributed by atoms with Crippen molar-refractivity contribution in [2.24, 2.45) is 11.7 Å². The highest BCUT2D eigenvalue weighted by Gasteiger charge is 2.28. The van der Waals surface area contributed by atoms with Gasteiger partial charge in [0.2, 0.25) is 5.91 Å². The summed E-state index contributed by atoms with van der Waals surface area (Å²) in [4.78, 5) is 24.4. The third kappa shape index (κ3) is 3.89. The zero-order chi connectivity index (χ0) is 12.8. The summed E-state index contributed by atoms with van der Waals surface area (Å²) in [7, 11) is 0. The van der Waals surface area contributed by atoms with E-state index in [-0.39, 0.29) is 24.5 Å². The molecule has 6 nitrogen and oxygen atoms in total. The van der Waals surface area contributed by atoms with Crippen LogP contribution in [0.25, 0.3) is 0 Å². The maximum absolute atomic E-state index is 11.9. The van der Waals surface area contributed by atoms with Crippen LogP contribution in [-0.2, 0) is 4.79 Å². The van der Waals surface area contributed by atoms with E-state index in [1.807, 2.05) is 6.92 Å². The highest BCUT2D eigenvalue weighted by Crippen LogP contribution is 2.16. The lowest BCUT2D eigenvalue weighted by Gasteiger charge is -2.31. The van der Waals surface area contributed by atoms with Gasteiger partial charge in [0.25, 0.3) is 0 Å². The van der Waals surface area contributed by atoms with E-state index in [0.717, 1.165) is 12.8 Å². The Labute approximate surface area is 101 Å². The van der Waals surface area contributed by atoms with Gasteiger partial charge in [0, 0.05) is 13.1 Å². The van der Waals surface area contributed by atoms with Crippen LogP contribution in [-0.4, -0.2) is 47.7 Å². The summed E-state index contributed by atoms with van der Waals surface area (Å²) >= 11 is 0. The molecule has 0 spiro atoms. The monoisotopic (exact) mass is 243 g/mol. The summed E-state index contributed by atoms with van der Waals surface area (Å²) in [6.07, 6.45) is 2.24. The van der Waals surface area contributed by atoms with Crippen molar-refractivity contribution in [3.05, 3.63) is 0 Å². The van der Waals surface area contributed by atoms with Gasteiger partial charge in [0.1, 0.15) is 0 Å². The average molecular weight is 243 g/mol. The predicted molar refractivity (Wildman–Crippen MR) is 63.2 cm³/mol. The van der Waals surface area contributed by atoms with E-state index in [2.05, 4.69) is 5.32 Å². The molecule has 1 aliphatic heterocycles. The molecule has 0 bridgehead atoms. The fraction of sp³-hybridized carbons (Fsp3) is 0.818. The van der Waals surface area contributed by atoms with E-state index in [1.165, 1.54) is 4.90 Å². The number of aliphatic hydroxyl groups is 1. The van der Waals surface area contributed by atoms with Crippen LogP contribution in [0.4, 0.5) is 4.79 Å². The van der Waals surface area contributed by atoms with Crippen LogP contribution >= 0.6 is 0 Å². The lowest BCUT2D eigenvalue weighted by molar-refractivity contribution is -0.127. The van der Waals surface area contributed by atoms with Gasteiger partial charge in [0.05, 0.1) is 18.6 Å². The van der Waals surface area contributed by atoms with Crippen LogP contribution in [0, 0.1) is 5.92 Å². The molecule has 3 amide bonds. The van der Waals surface area contributed by atoms with Gasteiger partial charge >= 0.3 is 6.03 Å². The Bertz CT molecular complexity index is 279. The highest BCUT2D eigenvalue weighted by molar-refractivity contribution is 5.80. The number of likely N-dealkylation sites (tertiary alicyclic amines) is 1. The molecule has 4 N–H and O–H groups in total. The molecule has 0 radical (unpaired) electrons. The first-order valence-electron chi connectivity index (χ1n) is 6.04. The van der Waals surface area contributed by atoms with E-state index in [4.69, 9.17) is 10.8 Å². The van der Waals surface area contributed by atoms with Crippen LogP contribution < -0.4 is 11.1 Å². The maximum Gasteiger partial charge on any atom is 0.314 e. The van der Waals surface area contributed by atoms with Gasteiger partial charge in [0.15, 0.2) is 0 Å². The Morgan fingerprint density at radius 3 is 2.82 bits per heavy atom. The smallest absolute Gasteiger partial charge is 0.314 e. The summed E-state index contributed by atoms with van der Waals surface area (Å²) in [5, 5.41) is 11.8. The summed E-state index contributed by atoms with van der Waals surface area (Å²) < 4.78 is 0. The quantitative estimate of drug-likeness (QED) is 0.630. The lowest BCUT2D eigenvalue weighted by Crippen LogP contribution is -2.49. The van der Waals surface area contributed by atoms with Crippen molar-refractivity contribution in [1.82, 2.24) is 10.2 Å². The molecule has 1 rings (SSSR count). The molecule has 0 aromatic carbocycles. The van der Waals surface area contributed by atoms with Crippen molar-refractivity contribution in [3.63, 3.8) is 0 Å². The summed E-state index contributed by atoms with van der Waals surface area (Å²) in [5.74, 6) is -0.311. The summed E-state index contributed by atoms with van der Waals surface area (Å²) in [6, 6.07) is -0.678. The molecule has 1 heterocycles. The molecule has 98 valence electrons. The Hall–Kier alpha value is -1.30. The third-order valence-corrected chi connectivity index (χ3v) is 3.16. The number of nitrogens with zero attached hydrogens (tertiary/aromatic N) is 1. The minimum absolute atomic E-state index is 0.0610. The van der Waals surface area contributed by atoms with Gasteiger partial charge in [-0.3, -0.25) is 4.79 Å². The van der Waals surface area contributed by atoms with E-state index >= 15 is 0 Å². The van der Waals surface area contributed by atoms with E-state index in [1.54, 1.807) is 0 Å². The molecule has 0 aromatic rings. The number of piperidine rings is 1. The number of urea groups is 1. The van der Waals surface area contributed by atoms with Crippen molar-refractivity contribution in [2.75, 3.05) is 19.7 Å². The number of carbonyl (C=O) groups is 2. The fourth-order valence-electron chi connectivity index (χ4n) is 1.99. The van der Waals surface area contributed by atoms with Crippen LogP contribution in [0.5, 0.6) is 0 Å². The molecule has 0 aliphatic carbocycles. The molecule has 1 saturated heterocycles. The molecular formula is C11H21N3O3. The second-order valence-electron chi connectivity index (χ2n) is 4.42. The largest absolute Gasteiger partial charge is 0.394 e. The fourth-order valence-corrected chi connectivity index (χ4v) is 1.99. The predicted octanol–water partition coefficient (Wildman–Crippen LogP) is -0.336. The normalized spacial score (nSPS) is 22.0. The van der Waals surface area contributed by atoms with Gasteiger partial charge < -0.3 is 21.1 Å².